The van der Waals surface area contributed by atoms with Crippen LogP contribution in [0, 0.1) is 13.0 Å². The van der Waals surface area contributed by atoms with Gasteiger partial charge >= 0.3 is 21.1 Å². The molecule has 15 heavy (non-hydrogen) atoms. The van der Waals surface area contributed by atoms with E-state index in [-0.39, 0.29) is 21.1 Å². The van der Waals surface area contributed by atoms with Crippen molar-refractivity contribution in [3.8, 4) is 0 Å². The van der Waals surface area contributed by atoms with Gasteiger partial charge in [0, 0.05) is 0 Å². The monoisotopic (exact) mass is 383 g/mol. The maximum Gasteiger partial charge on any atom is 2.00 e. The smallest absolute Gasteiger partial charge is 0.482 e. The van der Waals surface area contributed by atoms with Crippen LogP contribution < -0.4 is 0 Å². The van der Waals surface area contributed by atoms with Crippen LogP contribution in [0.1, 0.15) is 60.8 Å². The molecule has 0 saturated heterocycles. The molecule has 0 unspecified atom stereocenters. The predicted molar refractivity (Wildman–Crippen MR) is 67.0 cm³/mol. The average Bonchev–Trinajstić information content (AvgIpc) is 2.17. The molecule has 0 bridgehead atoms. The minimum absolute atomic E-state index is 0. The van der Waals surface area contributed by atoms with E-state index >= 15 is 0 Å². The Labute approximate surface area is 112 Å². The Bertz CT molecular complexity index is 101. The summed E-state index contributed by atoms with van der Waals surface area (Å²) in [6.45, 7) is 13.5. The number of hydrogen-bond donors (Lipinski definition) is 0. The summed E-state index contributed by atoms with van der Waals surface area (Å²) in [5, 5.41) is 0. The summed E-state index contributed by atoms with van der Waals surface area (Å²) < 4.78 is 0. The zero-order valence-corrected chi connectivity index (χ0v) is 14.4. The van der Waals surface area contributed by atoms with E-state index in [4.69, 9.17) is 0 Å². The van der Waals surface area contributed by atoms with E-state index < -0.39 is 0 Å². The first-order valence-electron chi connectivity index (χ1n) is 6.11. The Balaban J connectivity index is -0.000000258. The van der Waals surface area contributed by atoms with Gasteiger partial charge in [-0.25, -0.2) is 0 Å². The van der Waals surface area contributed by atoms with Gasteiger partial charge in [-0.05, 0) is 6.04 Å². The molecular weight excluding hydrogens is 354 g/mol. The van der Waals surface area contributed by atoms with Gasteiger partial charge < -0.3 is 10.8 Å². The minimum atomic E-state index is 0. The van der Waals surface area contributed by atoms with Gasteiger partial charge in [-0.3, -0.25) is 7.05 Å². The second-order valence-corrected chi connectivity index (χ2v) is 3.44. The zero-order valence-electron chi connectivity index (χ0n) is 11.5. The molecule has 1 nitrogen and oxygen atoms in total. The van der Waals surface area contributed by atoms with Gasteiger partial charge in [0.25, 0.3) is 0 Å². The third-order valence-electron chi connectivity index (χ3n) is 2.22. The third kappa shape index (κ3) is 10.9. The van der Waals surface area contributed by atoms with Crippen molar-refractivity contribution in [1.82, 2.24) is 4.90 Å². The van der Waals surface area contributed by atoms with Crippen LogP contribution in [0.2, 0.25) is 0 Å². The molecule has 0 radical (unpaired) electrons. The maximum absolute atomic E-state index is 3.97. The molecule has 92 valence electrons. The van der Waals surface area contributed by atoms with E-state index in [2.05, 4.69) is 25.8 Å². The van der Waals surface area contributed by atoms with Crippen molar-refractivity contribution in [2.45, 2.75) is 66.8 Å². The number of rotatable bonds is 3. The van der Waals surface area contributed by atoms with Gasteiger partial charge in [-0.15, -0.1) is 6.42 Å². The van der Waals surface area contributed by atoms with Gasteiger partial charge in [-0.2, -0.15) is 19.4 Å². The normalized spacial score (nSPS) is 14.2. The summed E-state index contributed by atoms with van der Waals surface area (Å²) in [5.41, 5.74) is 0. The Morgan fingerprint density at radius 1 is 1.13 bits per heavy atom. The fraction of sp³-hybridized carbons (Fsp3) is 0.846. The van der Waals surface area contributed by atoms with Crippen molar-refractivity contribution in [3.05, 3.63) is 13.0 Å². The summed E-state index contributed by atoms with van der Waals surface area (Å²) in [7, 11) is 3.97. The quantitative estimate of drug-likeness (QED) is 0.657. The molecule has 0 aromatic carbocycles. The first-order valence-corrected chi connectivity index (χ1v) is 6.11. The maximum atomic E-state index is 3.97. The Morgan fingerprint density at radius 3 is 1.73 bits per heavy atom. The van der Waals surface area contributed by atoms with Crippen molar-refractivity contribution in [3.63, 3.8) is 0 Å². The standard InChI is InChI=1S/C9H17N.2C2H6.W/c1-8(2)10(3)7-9-5-4-6-9;2*1-2;/h8H,3-7H2,1-2H3;2*1-2H3;/q-2;;;+2. The van der Waals surface area contributed by atoms with Crippen molar-refractivity contribution in [2.24, 2.45) is 0 Å². The molecule has 0 amide bonds. The van der Waals surface area contributed by atoms with Crippen molar-refractivity contribution in [1.29, 1.82) is 0 Å². The molecule has 0 atom stereocenters. The molecular formula is C13H29NW. The van der Waals surface area contributed by atoms with Crippen LogP contribution in [0.25, 0.3) is 0 Å². The van der Waals surface area contributed by atoms with E-state index in [0.717, 1.165) is 6.54 Å². The van der Waals surface area contributed by atoms with Crippen LogP contribution in [0.5, 0.6) is 0 Å². The molecule has 0 spiro atoms. The molecule has 0 heterocycles. The molecule has 1 saturated carbocycles. The molecule has 0 aromatic rings. The molecule has 0 N–H and O–H groups in total. The van der Waals surface area contributed by atoms with Crippen LogP contribution in [0.4, 0.5) is 0 Å². The summed E-state index contributed by atoms with van der Waals surface area (Å²) in [6.07, 6.45) is 4.10. The van der Waals surface area contributed by atoms with E-state index in [9.17, 15) is 0 Å². The van der Waals surface area contributed by atoms with E-state index in [1.54, 1.807) is 5.92 Å². The largest absolute Gasteiger partial charge is 2.00 e. The molecule has 0 aliphatic heterocycles. The van der Waals surface area contributed by atoms with Gasteiger partial charge in [0.05, 0.1) is 0 Å². The van der Waals surface area contributed by atoms with Crippen molar-refractivity contribution < 1.29 is 21.1 Å². The summed E-state index contributed by atoms with van der Waals surface area (Å²) in [6, 6.07) is 0.591. The average molecular weight is 383 g/mol. The van der Waals surface area contributed by atoms with Crippen LogP contribution in [-0.2, 0) is 21.1 Å². The van der Waals surface area contributed by atoms with Gasteiger partial charge in [0.2, 0.25) is 0 Å². The summed E-state index contributed by atoms with van der Waals surface area (Å²) >= 11 is 0. The first kappa shape index (κ1) is 21.0. The molecule has 1 aliphatic rings. The Morgan fingerprint density at radius 2 is 1.53 bits per heavy atom. The zero-order chi connectivity index (χ0) is 11.6. The molecule has 1 fully saturated rings. The summed E-state index contributed by atoms with van der Waals surface area (Å²) in [5.74, 6) is 1.68. The van der Waals surface area contributed by atoms with E-state index in [1.165, 1.54) is 19.3 Å². The van der Waals surface area contributed by atoms with Crippen molar-refractivity contribution >= 4 is 0 Å². The predicted octanol–water partition coefficient (Wildman–Crippen LogP) is 4.30. The molecule has 1 aliphatic carbocycles. The molecule has 1 rings (SSSR count). The molecule has 2 heteroatoms. The Kier molecular flexibility index (Phi) is 20.5. The summed E-state index contributed by atoms with van der Waals surface area (Å²) in [4.78, 5) is 2.16. The van der Waals surface area contributed by atoms with Crippen LogP contribution in [0.15, 0.2) is 0 Å². The fourth-order valence-electron chi connectivity index (χ4n) is 1.05. The first-order chi connectivity index (χ1) is 6.70. The Hall–Kier alpha value is 0.648. The second kappa shape index (κ2) is 14.6. The van der Waals surface area contributed by atoms with Gasteiger partial charge in [-0.1, -0.05) is 41.5 Å². The second-order valence-electron chi connectivity index (χ2n) is 3.44. The fourth-order valence-corrected chi connectivity index (χ4v) is 1.05. The minimum Gasteiger partial charge on any atom is -0.482 e. The number of hydrogen-bond acceptors (Lipinski definition) is 1. The van der Waals surface area contributed by atoms with E-state index in [0.29, 0.717) is 6.04 Å². The van der Waals surface area contributed by atoms with E-state index in [1.807, 2.05) is 27.7 Å². The number of nitrogens with zero attached hydrogens (tertiary/aromatic N) is 1. The van der Waals surface area contributed by atoms with Gasteiger partial charge in [0.1, 0.15) is 0 Å². The van der Waals surface area contributed by atoms with Crippen LogP contribution >= 0.6 is 0 Å². The van der Waals surface area contributed by atoms with Crippen LogP contribution in [-0.4, -0.2) is 17.5 Å². The third-order valence-corrected chi connectivity index (χ3v) is 2.22. The van der Waals surface area contributed by atoms with Crippen LogP contribution in [0.3, 0.4) is 0 Å². The van der Waals surface area contributed by atoms with Gasteiger partial charge in [0.15, 0.2) is 0 Å². The SMILES string of the molecule is CC.CC.[CH2-]N(C[C-]1CCC1)C(C)C.[W+2]. The molecule has 0 aromatic heterocycles. The topological polar surface area (TPSA) is 3.24 Å². The van der Waals surface area contributed by atoms with Crippen molar-refractivity contribution in [2.75, 3.05) is 6.54 Å².